The van der Waals surface area contributed by atoms with Crippen LogP contribution >= 0.6 is 15.9 Å². The molecular weight excluding hydrogens is 304 g/mol. The molecule has 3 heterocycles. The molecule has 0 amide bonds. The van der Waals surface area contributed by atoms with Gasteiger partial charge in [0.15, 0.2) is 5.82 Å². The molecule has 102 valence electrons. The number of fused-ring (bicyclic) bond motifs is 1. The van der Waals surface area contributed by atoms with Gasteiger partial charge in [0.2, 0.25) is 0 Å². The number of hydrogen-bond donors (Lipinski definition) is 0. The van der Waals surface area contributed by atoms with Crippen molar-refractivity contribution >= 4 is 27.4 Å². The Morgan fingerprint density at radius 3 is 2.68 bits per heavy atom. The van der Waals surface area contributed by atoms with E-state index in [1.165, 1.54) is 5.69 Å². The highest BCUT2D eigenvalue weighted by Gasteiger charge is 2.21. The molecule has 0 spiro atoms. The number of pyridine rings is 1. The number of halogens is 1. The molecule has 0 aliphatic carbocycles. The van der Waals surface area contributed by atoms with Crippen LogP contribution in [0.25, 0.3) is 5.65 Å². The van der Waals surface area contributed by atoms with Crippen LogP contribution in [-0.4, -0.2) is 47.0 Å². The van der Waals surface area contributed by atoms with Gasteiger partial charge in [-0.15, -0.1) is 0 Å². The number of anilines is 1. The van der Waals surface area contributed by atoms with Crippen molar-refractivity contribution in [3.05, 3.63) is 30.1 Å². The summed E-state index contributed by atoms with van der Waals surface area (Å²) in [5.41, 5.74) is 2.28. The molecule has 1 fully saturated rings. The van der Waals surface area contributed by atoms with Crippen LogP contribution in [0.4, 0.5) is 5.82 Å². The van der Waals surface area contributed by atoms with Crippen LogP contribution in [0.5, 0.6) is 0 Å². The highest BCUT2D eigenvalue weighted by atomic mass is 79.9. The summed E-state index contributed by atoms with van der Waals surface area (Å²) >= 11 is 3.60. The van der Waals surface area contributed by atoms with E-state index >= 15 is 0 Å². The van der Waals surface area contributed by atoms with E-state index in [0.29, 0.717) is 0 Å². The Hall–Kier alpha value is -1.07. The van der Waals surface area contributed by atoms with E-state index in [0.717, 1.165) is 49.5 Å². The first-order valence-corrected chi connectivity index (χ1v) is 7.95. The fourth-order valence-electron chi connectivity index (χ4n) is 2.69. The Bertz CT molecular complexity index is 558. The number of imidazole rings is 1. The van der Waals surface area contributed by atoms with Gasteiger partial charge in [-0.25, -0.2) is 4.98 Å². The number of aromatic nitrogens is 2. The molecule has 1 aliphatic rings. The monoisotopic (exact) mass is 322 g/mol. The van der Waals surface area contributed by atoms with Gasteiger partial charge in [-0.1, -0.05) is 28.9 Å². The van der Waals surface area contributed by atoms with Crippen molar-refractivity contribution in [2.75, 3.05) is 37.6 Å². The highest BCUT2D eigenvalue weighted by Crippen LogP contribution is 2.24. The largest absolute Gasteiger partial charge is 0.352 e. The molecule has 5 heteroatoms. The molecule has 2 aromatic heterocycles. The summed E-state index contributed by atoms with van der Waals surface area (Å²) in [6.07, 6.45) is 2.09. The van der Waals surface area contributed by atoms with Crippen molar-refractivity contribution in [2.45, 2.75) is 12.3 Å². The van der Waals surface area contributed by atoms with Gasteiger partial charge < -0.3 is 14.2 Å². The van der Waals surface area contributed by atoms with Gasteiger partial charge >= 0.3 is 0 Å². The van der Waals surface area contributed by atoms with Gasteiger partial charge in [-0.2, -0.15) is 0 Å². The van der Waals surface area contributed by atoms with E-state index in [1.807, 2.05) is 6.07 Å². The standard InChI is InChI=1S/C14H19BrN4/c1-2-17-7-9-18(10-8-17)14-12(11-15)19-6-4-3-5-13(19)16-14/h3-6H,2,7-11H2,1H3. The molecule has 0 N–H and O–H groups in total. The Kier molecular flexibility index (Phi) is 3.75. The third-order valence-corrected chi connectivity index (χ3v) is 4.38. The first-order valence-electron chi connectivity index (χ1n) is 6.82. The van der Waals surface area contributed by atoms with Gasteiger partial charge in [-0.05, 0) is 18.7 Å². The van der Waals surface area contributed by atoms with E-state index in [9.17, 15) is 0 Å². The number of alkyl halides is 1. The van der Waals surface area contributed by atoms with Gasteiger partial charge in [0.05, 0.1) is 5.69 Å². The van der Waals surface area contributed by atoms with Gasteiger partial charge in [0.25, 0.3) is 0 Å². The Morgan fingerprint density at radius 1 is 1.21 bits per heavy atom. The Labute approximate surface area is 122 Å². The van der Waals surface area contributed by atoms with Crippen LogP contribution in [-0.2, 0) is 5.33 Å². The molecule has 0 saturated carbocycles. The normalized spacial score (nSPS) is 17.3. The molecule has 0 aromatic carbocycles. The second-order valence-corrected chi connectivity index (χ2v) is 5.43. The summed E-state index contributed by atoms with van der Waals surface area (Å²) in [4.78, 5) is 9.70. The third-order valence-electron chi connectivity index (χ3n) is 3.85. The maximum Gasteiger partial charge on any atom is 0.152 e. The van der Waals surface area contributed by atoms with Gasteiger partial charge in [-0.3, -0.25) is 0 Å². The first kappa shape index (κ1) is 12.9. The topological polar surface area (TPSA) is 23.8 Å². The zero-order valence-corrected chi connectivity index (χ0v) is 12.8. The van der Waals surface area contributed by atoms with Gasteiger partial charge in [0, 0.05) is 37.7 Å². The summed E-state index contributed by atoms with van der Waals surface area (Å²) in [6.45, 7) is 7.77. The van der Waals surface area contributed by atoms with E-state index in [-0.39, 0.29) is 0 Å². The van der Waals surface area contributed by atoms with E-state index < -0.39 is 0 Å². The molecule has 4 nitrogen and oxygen atoms in total. The fraction of sp³-hybridized carbons (Fsp3) is 0.500. The second kappa shape index (κ2) is 5.51. The number of rotatable bonds is 3. The van der Waals surface area contributed by atoms with Crippen LogP contribution in [0.1, 0.15) is 12.6 Å². The zero-order chi connectivity index (χ0) is 13.2. The average Bonchev–Trinajstić information content (AvgIpc) is 2.85. The lowest BCUT2D eigenvalue weighted by Crippen LogP contribution is -2.46. The second-order valence-electron chi connectivity index (χ2n) is 4.87. The van der Waals surface area contributed by atoms with Crippen molar-refractivity contribution in [1.29, 1.82) is 0 Å². The smallest absolute Gasteiger partial charge is 0.152 e. The van der Waals surface area contributed by atoms with Crippen LogP contribution < -0.4 is 4.90 Å². The van der Waals surface area contributed by atoms with Gasteiger partial charge in [0.1, 0.15) is 5.65 Å². The number of nitrogens with zero attached hydrogens (tertiary/aromatic N) is 4. The van der Waals surface area contributed by atoms with E-state index in [1.54, 1.807) is 0 Å². The molecule has 1 saturated heterocycles. The van der Waals surface area contributed by atoms with Crippen molar-refractivity contribution in [3.8, 4) is 0 Å². The molecule has 3 rings (SSSR count). The summed E-state index contributed by atoms with van der Waals surface area (Å²) in [7, 11) is 0. The molecule has 2 aromatic rings. The zero-order valence-electron chi connectivity index (χ0n) is 11.2. The lowest BCUT2D eigenvalue weighted by atomic mass is 10.3. The first-order chi connectivity index (χ1) is 9.33. The molecule has 0 bridgehead atoms. The summed E-state index contributed by atoms with van der Waals surface area (Å²) < 4.78 is 2.18. The maximum atomic E-state index is 4.80. The van der Waals surface area contributed by atoms with Crippen molar-refractivity contribution in [1.82, 2.24) is 14.3 Å². The van der Waals surface area contributed by atoms with Crippen molar-refractivity contribution < 1.29 is 0 Å². The highest BCUT2D eigenvalue weighted by molar-refractivity contribution is 9.08. The lowest BCUT2D eigenvalue weighted by Gasteiger charge is -2.34. The molecule has 0 radical (unpaired) electrons. The average molecular weight is 323 g/mol. The van der Waals surface area contributed by atoms with Crippen LogP contribution in [0.3, 0.4) is 0 Å². The summed E-state index contributed by atoms with van der Waals surface area (Å²) in [6, 6.07) is 6.16. The lowest BCUT2D eigenvalue weighted by molar-refractivity contribution is 0.270. The molecule has 1 aliphatic heterocycles. The number of likely N-dealkylation sites (N-methyl/N-ethyl adjacent to an activating group) is 1. The van der Waals surface area contributed by atoms with Crippen molar-refractivity contribution in [2.24, 2.45) is 0 Å². The summed E-state index contributed by atoms with van der Waals surface area (Å²) in [5, 5.41) is 0.835. The SMILES string of the molecule is CCN1CCN(c2nc3ccccn3c2CBr)CC1. The number of hydrogen-bond acceptors (Lipinski definition) is 3. The van der Waals surface area contributed by atoms with Crippen molar-refractivity contribution in [3.63, 3.8) is 0 Å². The summed E-state index contributed by atoms with van der Waals surface area (Å²) in [5.74, 6) is 1.14. The van der Waals surface area contributed by atoms with E-state index in [2.05, 4.69) is 55.4 Å². The molecular formula is C14H19BrN4. The third kappa shape index (κ3) is 2.37. The quantitative estimate of drug-likeness (QED) is 0.811. The molecule has 19 heavy (non-hydrogen) atoms. The fourth-order valence-corrected chi connectivity index (χ4v) is 3.21. The Morgan fingerprint density at radius 2 is 2.00 bits per heavy atom. The van der Waals surface area contributed by atoms with Crippen LogP contribution in [0, 0.1) is 0 Å². The maximum absolute atomic E-state index is 4.80. The molecule has 0 atom stereocenters. The Balaban J connectivity index is 1.92. The molecule has 0 unspecified atom stereocenters. The minimum Gasteiger partial charge on any atom is -0.352 e. The number of piperazine rings is 1. The minimum atomic E-state index is 0.835. The van der Waals surface area contributed by atoms with E-state index in [4.69, 9.17) is 4.98 Å². The predicted octanol–water partition coefficient (Wildman–Crippen LogP) is 2.37. The predicted molar refractivity (Wildman–Crippen MR) is 82.2 cm³/mol. The minimum absolute atomic E-state index is 0.835. The van der Waals surface area contributed by atoms with Crippen LogP contribution in [0.15, 0.2) is 24.4 Å². The van der Waals surface area contributed by atoms with Crippen LogP contribution in [0.2, 0.25) is 0 Å².